The fraction of sp³-hybridized carbons (Fsp3) is 0.548. The molecule has 3 atom stereocenters. The standard InChI is InChI=1S/C31H40N2O7/c1-3-5-14-32(15-6-4-2)28(34)18-33-17-23(22-11-13-25-27(16-22)39-19-37-25)29(31(35)36)24(33)12-10-21-8-7-9-26-30(21)40-20-38-26/h7-9,11,13,16,23-24,29H,3-6,10,12,14-15,17-20H2,1-2H3,(H,35,36)/t23-,24+,29?/m1/s1. The average molecular weight is 553 g/mol. The zero-order valence-corrected chi connectivity index (χ0v) is 23.5. The van der Waals surface area contributed by atoms with Gasteiger partial charge in [0.05, 0.1) is 12.5 Å². The topological polar surface area (TPSA) is 97.8 Å². The van der Waals surface area contributed by atoms with Crippen LogP contribution in [0.1, 0.15) is 63.0 Å². The Bertz CT molecular complexity index is 1190. The van der Waals surface area contributed by atoms with E-state index in [1.54, 1.807) is 0 Å². The van der Waals surface area contributed by atoms with Crippen LogP contribution >= 0.6 is 0 Å². The summed E-state index contributed by atoms with van der Waals surface area (Å²) in [7, 11) is 0. The van der Waals surface area contributed by atoms with Crippen molar-refractivity contribution in [1.29, 1.82) is 0 Å². The second-order valence-corrected chi connectivity index (χ2v) is 10.9. The molecule has 1 fully saturated rings. The van der Waals surface area contributed by atoms with Gasteiger partial charge >= 0.3 is 5.97 Å². The highest BCUT2D eigenvalue weighted by Gasteiger charge is 2.47. The van der Waals surface area contributed by atoms with E-state index in [0.717, 1.165) is 55.6 Å². The van der Waals surface area contributed by atoms with Gasteiger partial charge < -0.3 is 29.0 Å². The Kier molecular flexibility index (Phi) is 8.99. The molecule has 0 aliphatic carbocycles. The summed E-state index contributed by atoms with van der Waals surface area (Å²) >= 11 is 0. The van der Waals surface area contributed by atoms with Crippen molar-refractivity contribution in [1.82, 2.24) is 9.80 Å². The number of rotatable bonds is 13. The predicted octanol–water partition coefficient (Wildman–Crippen LogP) is 4.67. The van der Waals surface area contributed by atoms with Gasteiger partial charge in [-0.2, -0.15) is 0 Å². The van der Waals surface area contributed by atoms with Crippen LogP contribution in [0, 0.1) is 5.92 Å². The second kappa shape index (κ2) is 12.8. The van der Waals surface area contributed by atoms with E-state index in [9.17, 15) is 14.7 Å². The van der Waals surface area contributed by atoms with E-state index in [-0.39, 0.29) is 38.0 Å². The van der Waals surface area contributed by atoms with Gasteiger partial charge in [0.15, 0.2) is 23.0 Å². The maximum absolute atomic E-state index is 13.6. The van der Waals surface area contributed by atoms with E-state index in [4.69, 9.17) is 18.9 Å². The maximum atomic E-state index is 13.6. The number of ether oxygens (including phenoxy) is 4. The highest BCUT2D eigenvalue weighted by molar-refractivity contribution is 5.79. The first-order valence-electron chi connectivity index (χ1n) is 14.5. The first-order valence-corrected chi connectivity index (χ1v) is 14.5. The van der Waals surface area contributed by atoms with Gasteiger partial charge in [0, 0.05) is 31.6 Å². The molecule has 0 bridgehead atoms. The largest absolute Gasteiger partial charge is 0.481 e. The molecule has 40 heavy (non-hydrogen) atoms. The molecule has 2 aromatic rings. The number of hydrogen-bond donors (Lipinski definition) is 1. The Morgan fingerprint density at radius 1 is 0.950 bits per heavy atom. The molecule has 0 radical (unpaired) electrons. The number of hydrogen-bond acceptors (Lipinski definition) is 7. The summed E-state index contributed by atoms with van der Waals surface area (Å²) in [5, 5.41) is 10.5. The molecule has 3 aliphatic heterocycles. The molecular formula is C31H40N2O7. The van der Waals surface area contributed by atoms with Crippen molar-refractivity contribution in [3.8, 4) is 23.0 Å². The fourth-order valence-electron chi connectivity index (χ4n) is 6.16. The molecule has 5 rings (SSSR count). The van der Waals surface area contributed by atoms with Crippen LogP contribution in [0.4, 0.5) is 0 Å². The number of amides is 1. The molecule has 0 aromatic heterocycles. The molecule has 3 heterocycles. The Balaban J connectivity index is 1.41. The number of carbonyl (C=O) groups excluding carboxylic acids is 1. The number of para-hydroxylation sites is 1. The number of carboxylic acids is 1. The van der Waals surface area contributed by atoms with Gasteiger partial charge in [-0.15, -0.1) is 0 Å². The Labute approximate surface area is 235 Å². The van der Waals surface area contributed by atoms with Crippen LogP contribution in [-0.2, 0) is 16.0 Å². The van der Waals surface area contributed by atoms with Gasteiger partial charge in [-0.05, 0) is 55.0 Å². The van der Waals surface area contributed by atoms with Crippen molar-refractivity contribution in [3.63, 3.8) is 0 Å². The minimum Gasteiger partial charge on any atom is -0.481 e. The van der Waals surface area contributed by atoms with Crippen molar-refractivity contribution in [3.05, 3.63) is 47.5 Å². The van der Waals surface area contributed by atoms with Crippen molar-refractivity contribution >= 4 is 11.9 Å². The minimum atomic E-state index is -0.852. The maximum Gasteiger partial charge on any atom is 0.308 e. The summed E-state index contributed by atoms with van der Waals surface area (Å²) in [6.07, 6.45) is 5.14. The van der Waals surface area contributed by atoms with E-state index in [2.05, 4.69) is 18.7 Å². The number of fused-ring (bicyclic) bond motifs is 2. The summed E-state index contributed by atoms with van der Waals surface area (Å²) < 4.78 is 22.3. The number of benzene rings is 2. The molecule has 216 valence electrons. The van der Waals surface area contributed by atoms with Crippen molar-refractivity contribution in [2.24, 2.45) is 5.92 Å². The number of nitrogens with zero attached hydrogens (tertiary/aromatic N) is 2. The van der Waals surface area contributed by atoms with Gasteiger partial charge in [-0.1, -0.05) is 44.9 Å². The van der Waals surface area contributed by atoms with E-state index in [1.807, 2.05) is 41.3 Å². The molecule has 1 N–H and O–H groups in total. The molecule has 0 spiro atoms. The monoisotopic (exact) mass is 552 g/mol. The van der Waals surface area contributed by atoms with Gasteiger partial charge in [0.25, 0.3) is 0 Å². The van der Waals surface area contributed by atoms with Crippen LogP contribution in [-0.4, -0.2) is 72.6 Å². The van der Waals surface area contributed by atoms with E-state index in [0.29, 0.717) is 36.6 Å². The quantitative estimate of drug-likeness (QED) is 0.383. The lowest BCUT2D eigenvalue weighted by atomic mass is 9.83. The molecule has 1 amide bonds. The van der Waals surface area contributed by atoms with E-state index < -0.39 is 11.9 Å². The van der Waals surface area contributed by atoms with Crippen molar-refractivity contribution < 1.29 is 33.6 Å². The number of carbonyl (C=O) groups is 2. The third-order valence-corrected chi connectivity index (χ3v) is 8.30. The van der Waals surface area contributed by atoms with Crippen molar-refractivity contribution in [2.45, 2.75) is 64.3 Å². The van der Waals surface area contributed by atoms with Gasteiger partial charge in [0.1, 0.15) is 0 Å². The molecular weight excluding hydrogens is 512 g/mol. The van der Waals surface area contributed by atoms with E-state index in [1.165, 1.54) is 0 Å². The number of unbranched alkanes of at least 4 members (excludes halogenated alkanes) is 2. The summed E-state index contributed by atoms with van der Waals surface area (Å²) in [5.74, 6) is 0.996. The van der Waals surface area contributed by atoms with Crippen LogP contribution in [0.2, 0.25) is 0 Å². The predicted molar refractivity (Wildman–Crippen MR) is 149 cm³/mol. The lowest BCUT2D eigenvalue weighted by Crippen LogP contribution is -2.44. The van der Waals surface area contributed by atoms with Crippen LogP contribution in [0.15, 0.2) is 36.4 Å². The fourth-order valence-corrected chi connectivity index (χ4v) is 6.16. The third-order valence-electron chi connectivity index (χ3n) is 8.30. The Morgan fingerprint density at radius 3 is 2.42 bits per heavy atom. The van der Waals surface area contributed by atoms with Crippen LogP contribution in [0.5, 0.6) is 23.0 Å². The Morgan fingerprint density at radius 2 is 1.68 bits per heavy atom. The number of carboxylic acid groups (broad SMARTS) is 1. The van der Waals surface area contributed by atoms with E-state index >= 15 is 0 Å². The SMILES string of the molecule is CCCCN(CCCC)C(=O)CN1C[C@H](c2ccc3c(c2)OCO3)C(C(=O)O)[C@@H]1CCc1cccc2c1OCO2. The normalized spacial score (nSPS) is 21.1. The average Bonchev–Trinajstić information content (AvgIpc) is 3.70. The van der Waals surface area contributed by atoms with Gasteiger partial charge in [0.2, 0.25) is 19.5 Å². The first-order chi connectivity index (χ1) is 19.5. The second-order valence-electron chi connectivity index (χ2n) is 10.9. The number of aryl methyl sites for hydroxylation is 1. The number of aliphatic carboxylic acids is 1. The molecule has 9 heteroatoms. The zero-order valence-electron chi connectivity index (χ0n) is 23.5. The highest BCUT2D eigenvalue weighted by atomic mass is 16.7. The lowest BCUT2D eigenvalue weighted by Gasteiger charge is -2.30. The summed E-state index contributed by atoms with van der Waals surface area (Å²) in [5.41, 5.74) is 1.88. The molecule has 9 nitrogen and oxygen atoms in total. The Hall–Kier alpha value is -3.46. The molecule has 2 aromatic carbocycles. The molecule has 1 saturated heterocycles. The van der Waals surface area contributed by atoms with Crippen molar-refractivity contribution in [2.75, 3.05) is 39.8 Å². The molecule has 0 saturated carbocycles. The van der Waals surface area contributed by atoms with Crippen LogP contribution < -0.4 is 18.9 Å². The first kappa shape index (κ1) is 28.1. The van der Waals surface area contributed by atoms with Gasteiger partial charge in [-0.3, -0.25) is 14.5 Å². The molecule has 1 unspecified atom stereocenters. The van der Waals surface area contributed by atoms with Crippen LogP contribution in [0.3, 0.4) is 0 Å². The third kappa shape index (κ3) is 5.99. The minimum absolute atomic E-state index is 0.0692. The summed E-state index contributed by atoms with van der Waals surface area (Å²) in [6.45, 7) is 6.75. The number of likely N-dealkylation sites (tertiary alicyclic amines) is 1. The smallest absolute Gasteiger partial charge is 0.308 e. The lowest BCUT2D eigenvalue weighted by molar-refractivity contribution is -0.143. The zero-order chi connectivity index (χ0) is 28.1. The molecule has 3 aliphatic rings. The highest BCUT2D eigenvalue weighted by Crippen LogP contribution is 2.44. The van der Waals surface area contributed by atoms with Gasteiger partial charge in [-0.25, -0.2) is 0 Å². The summed E-state index contributed by atoms with van der Waals surface area (Å²) in [6, 6.07) is 11.2. The van der Waals surface area contributed by atoms with Crippen LogP contribution in [0.25, 0.3) is 0 Å². The summed E-state index contributed by atoms with van der Waals surface area (Å²) in [4.78, 5) is 30.5.